The van der Waals surface area contributed by atoms with Gasteiger partial charge in [0.05, 0.1) is 25.9 Å². The second-order valence-corrected chi connectivity index (χ2v) is 8.15. The maximum absolute atomic E-state index is 13.7. The van der Waals surface area contributed by atoms with Gasteiger partial charge in [0.15, 0.2) is 17.2 Å². The first-order chi connectivity index (χ1) is 15.2. The fourth-order valence-electron chi connectivity index (χ4n) is 4.94. The quantitative estimate of drug-likeness (QED) is 0.619. The number of methoxy groups -OCH3 is 2. The first-order valence-electron chi connectivity index (χ1n) is 10.9. The van der Waals surface area contributed by atoms with Crippen LogP contribution in [0.2, 0.25) is 0 Å². The van der Waals surface area contributed by atoms with Gasteiger partial charge in [0.2, 0.25) is 0 Å². The van der Waals surface area contributed by atoms with Gasteiger partial charge in [-0.3, -0.25) is 4.79 Å². The van der Waals surface area contributed by atoms with Crippen LogP contribution in [0.15, 0.2) is 48.5 Å². The van der Waals surface area contributed by atoms with Gasteiger partial charge < -0.3 is 14.4 Å². The smallest absolute Gasteiger partial charge is 0.275 e. The average molecular weight is 418 g/mol. The lowest BCUT2D eigenvalue weighted by Crippen LogP contribution is -2.31. The molecule has 5 rings (SSSR count). The van der Waals surface area contributed by atoms with E-state index in [1.165, 1.54) is 5.69 Å². The number of nitrogens with zero attached hydrogens (tertiary/aromatic N) is 3. The number of carbonyl (C=O) groups is 1. The van der Waals surface area contributed by atoms with Crippen LogP contribution < -0.4 is 9.47 Å². The van der Waals surface area contributed by atoms with Gasteiger partial charge in [0.25, 0.3) is 5.91 Å². The highest BCUT2D eigenvalue weighted by molar-refractivity contribution is 5.95. The van der Waals surface area contributed by atoms with Crippen LogP contribution in [0.4, 0.5) is 0 Å². The molecule has 2 aliphatic rings. The zero-order valence-corrected chi connectivity index (χ0v) is 18.0. The van der Waals surface area contributed by atoms with E-state index < -0.39 is 0 Å². The van der Waals surface area contributed by atoms with Crippen molar-refractivity contribution in [3.63, 3.8) is 0 Å². The Hall–Kier alpha value is -3.28. The lowest BCUT2D eigenvalue weighted by atomic mass is 10.0. The van der Waals surface area contributed by atoms with Gasteiger partial charge in [-0.05, 0) is 61.9 Å². The molecule has 1 atom stereocenters. The SMILES string of the molecule is COc1ccc([C@@H]2CCCN2C(=O)c2nn(-c3ccccc3)c3c2CCC3)cc1OC. The van der Waals surface area contributed by atoms with Crippen LogP contribution in [0.5, 0.6) is 11.5 Å². The molecule has 31 heavy (non-hydrogen) atoms. The molecule has 3 aromatic rings. The molecule has 6 heteroatoms. The van der Waals surface area contributed by atoms with Crippen LogP contribution >= 0.6 is 0 Å². The average Bonchev–Trinajstić information content (AvgIpc) is 3.55. The third-order valence-electron chi connectivity index (χ3n) is 6.44. The second-order valence-electron chi connectivity index (χ2n) is 8.15. The Balaban J connectivity index is 1.49. The molecule has 0 saturated carbocycles. The summed E-state index contributed by atoms with van der Waals surface area (Å²) in [4.78, 5) is 15.7. The van der Waals surface area contributed by atoms with E-state index in [0.717, 1.165) is 55.5 Å². The molecule has 0 unspecified atom stereocenters. The minimum atomic E-state index is 0.0197. The van der Waals surface area contributed by atoms with Crippen molar-refractivity contribution in [1.82, 2.24) is 14.7 Å². The van der Waals surface area contributed by atoms with E-state index >= 15 is 0 Å². The van der Waals surface area contributed by atoms with E-state index in [0.29, 0.717) is 17.2 Å². The number of benzene rings is 2. The molecule has 1 fully saturated rings. The molecule has 6 nitrogen and oxygen atoms in total. The van der Waals surface area contributed by atoms with Crippen molar-refractivity contribution in [2.45, 2.75) is 38.1 Å². The minimum absolute atomic E-state index is 0.0197. The number of hydrogen-bond donors (Lipinski definition) is 0. The van der Waals surface area contributed by atoms with Crippen molar-refractivity contribution in [2.24, 2.45) is 0 Å². The molecule has 1 aliphatic carbocycles. The summed E-state index contributed by atoms with van der Waals surface area (Å²) in [5.74, 6) is 1.42. The highest BCUT2D eigenvalue weighted by Crippen LogP contribution is 2.38. The van der Waals surface area contributed by atoms with Crippen molar-refractivity contribution in [2.75, 3.05) is 20.8 Å². The summed E-state index contributed by atoms with van der Waals surface area (Å²) >= 11 is 0. The van der Waals surface area contributed by atoms with Crippen molar-refractivity contribution in [3.05, 3.63) is 71.0 Å². The number of carbonyl (C=O) groups excluding carboxylic acids is 1. The predicted molar refractivity (Wildman–Crippen MR) is 118 cm³/mol. The Morgan fingerprint density at radius 2 is 1.81 bits per heavy atom. The fourth-order valence-corrected chi connectivity index (χ4v) is 4.94. The fraction of sp³-hybridized carbons (Fsp3) is 0.360. The van der Waals surface area contributed by atoms with Crippen molar-refractivity contribution in [3.8, 4) is 17.2 Å². The molecular weight excluding hydrogens is 390 g/mol. The topological polar surface area (TPSA) is 56.6 Å². The van der Waals surface area contributed by atoms with Gasteiger partial charge in [0, 0.05) is 17.8 Å². The normalized spacial score (nSPS) is 17.6. The van der Waals surface area contributed by atoms with Crippen LogP contribution in [-0.4, -0.2) is 41.4 Å². The predicted octanol–water partition coefficient (Wildman–Crippen LogP) is 4.36. The van der Waals surface area contributed by atoms with Crippen LogP contribution in [0, 0.1) is 0 Å². The zero-order valence-electron chi connectivity index (χ0n) is 18.0. The van der Waals surface area contributed by atoms with Crippen LogP contribution in [0.1, 0.15) is 52.6 Å². The molecule has 0 N–H and O–H groups in total. The Kier molecular flexibility index (Phi) is 5.14. The van der Waals surface area contributed by atoms with Crippen molar-refractivity contribution < 1.29 is 14.3 Å². The van der Waals surface area contributed by atoms with Crippen LogP contribution in [0.3, 0.4) is 0 Å². The maximum Gasteiger partial charge on any atom is 0.275 e. The van der Waals surface area contributed by atoms with Crippen molar-refractivity contribution in [1.29, 1.82) is 0 Å². The minimum Gasteiger partial charge on any atom is -0.493 e. The molecule has 2 aromatic carbocycles. The van der Waals surface area contributed by atoms with E-state index in [1.807, 2.05) is 58.1 Å². The summed E-state index contributed by atoms with van der Waals surface area (Å²) in [6, 6.07) is 16.1. The summed E-state index contributed by atoms with van der Waals surface area (Å²) in [7, 11) is 3.27. The molecule has 160 valence electrons. The number of aromatic nitrogens is 2. The largest absolute Gasteiger partial charge is 0.493 e. The molecule has 1 aromatic heterocycles. The van der Waals surface area contributed by atoms with Gasteiger partial charge in [0.1, 0.15) is 0 Å². The first kappa shape index (κ1) is 19.7. The number of likely N-dealkylation sites (tertiary alicyclic amines) is 1. The lowest BCUT2D eigenvalue weighted by molar-refractivity contribution is 0.0728. The molecular formula is C25H27N3O3. The Morgan fingerprint density at radius 3 is 2.58 bits per heavy atom. The maximum atomic E-state index is 13.7. The number of fused-ring (bicyclic) bond motifs is 1. The molecule has 1 saturated heterocycles. The molecule has 2 heterocycles. The van der Waals surface area contributed by atoms with E-state index in [2.05, 4.69) is 0 Å². The third kappa shape index (κ3) is 3.36. The molecule has 1 aliphatic heterocycles. The molecule has 0 radical (unpaired) electrons. The summed E-state index contributed by atoms with van der Waals surface area (Å²) in [6.07, 6.45) is 4.86. The number of para-hydroxylation sites is 1. The molecule has 1 amide bonds. The van der Waals surface area contributed by atoms with Crippen LogP contribution in [0.25, 0.3) is 5.69 Å². The van der Waals surface area contributed by atoms with E-state index in [4.69, 9.17) is 14.6 Å². The third-order valence-corrected chi connectivity index (χ3v) is 6.44. The highest BCUT2D eigenvalue weighted by atomic mass is 16.5. The Labute approximate surface area is 182 Å². The number of amides is 1. The zero-order chi connectivity index (χ0) is 21.4. The van der Waals surface area contributed by atoms with Gasteiger partial charge in [-0.15, -0.1) is 0 Å². The molecule has 0 bridgehead atoms. The first-order valence-corrected chi connectivity index (χ1v) is 10.9. The standard InChI is InChI=1S/C25H27N3O3/c1-30-22-14-13-17(16-23(22)31-2)20-12-7-15-27(20)25(29)24-19-10-6-11-21(19)28(26-24)18-8-4-3-5-9-18/h3-5,8-9,13-14,16,20H,6-7,10-12,15H2,1-2H3/t20-/m0/s1. The molecule has 0 spiro atoms. The summed E-state index contributed by atoms with van der Waals surface area (Å²) < 4.78 is 12.8. The van der Waals surface area contributed by atoms with Gasteiger partial charge in [-0.25, -0.2) is 4.68 Å². The van der Waals surface area contributed by atoms with E-state index in [1.54, 1.807) is 14.2 Å². The second kappa shape index (κ2) is 8.10. The summed E-state index contributed by atoms with van der Waals surface area (Å²) in [5, 5.41) is 4.82. The van der Waals surface area contributed by atoms with Crippen LogP contribution in [-0.2, 0) is 12.8 Å². The van der Waals surface area contributed by atoms with Crippen molar-refractivity contribution >= 4 is 5.91 Å². The number of hydrogen-bond acceptors (Lipinski definition) is 4. The number of rotatable bonds is 5. The monoisotopic (exact) mass is 417 g/mol. The van der Waals surface area contributed by atoms with Gasteiger partial charge in [-0.1, -0.05) is 24.3 Å². The Morgan fingerprint density at radius 1 is 1.00 bits per heavy atom. The van der Waals surface area contributed by atoms with Gasteiger partial charge >= 0.3 is 0 Å². The van der Waals surface area contributed by atoms with Gasteiger partial charge in [-0.2, -0.15) is 5.10 Å². The van der Waals surface area contributed by atoms with E-state index in [-0.39, 0.29) is 11.9 Å². The Bertz CT molecular complexity index is 1110. The highest BCUT2D eigenvalue weighted by Gasteiger charge is 2.35. The lowest BCUT2D eigenvalue weighted by Gasteiger charge is -2.25. The van der Waals surface area contributed by atoms with E-state index in [9.17, 15) is 4.79 Å². The number of ether oxygens (including phenoxy) is 2. The summed E-state index contributed by atoms with van der Waals surface area (Å²) in [6.45, 7) is 0.741. The summed E-state index contributed by atoms with van der Waals surface area (Å²) in [5.41, 5.74) is 4.99.